The van der Waals surface area contributed by atoms with Crippen LogP contribution in [-0.4, -0.2) is 9.52 Å². The van der Waals surface area contributed by atoms with Gasteiger partial charge in [-0.25, -0.2) is 0 Å². The van der Waals surface area contributed by atoms with E-state index in [-0.39, 0.29) is 3.63 Å². The molecule has 7 rings (SSSR count). The van der Waals surface area contributed by atoms with Gasteiger partial charge >= 0.3 is 253 Å². The van der Waals surface area contributed by atoms with Crippen LogP contribution in [0.3, 0.4) is 0 Å². The van der Waals surface area contributed by atoms with E-state index in [2.05, 4.69) is 129 Å². The summed E-state index contributed by atoms with van der Waals surface area (Å²) >= 11 is -3.96. The summed E-state index contributed by atoms with van der Waals surface area (Å²) in [5, 5.41) is 2.98. The minimum absolute atomic E-state index is 0.0780. The van der Waals surface area contributed by atoms with E-state index in [1.54, 1.807) is 0 Å². The molecule has 0 aromatic heterocycles. The second kappa shape index (κ2) is 10.4. The van der Waals surface area contributed by atoms with Gasteiger partial charge in [0, 0.05) is 0 Å². The molecule has 1 aliphatic heterocycles. The molecule has 0 N–H and O–H groups in total. The first-order chi connectivity index (χ1) is 19.5. The third-order valence-corrected chi connectivity index (χ3v) is 23.3. The number of fused-ring (bicyclic) bond motifs is 4. The van der Waals surface area contributed by atoms with E-state index in [9.17, 15) is 0 Å². The summed E-state index contributed by atoms with van der Waals surface area (Å²) in [5.41, 5.74) is 13.1. The SMILES string of the molecule is CCc1ccccc1-c1c(-c2ccccc2)ccc2c1C=C(C)[CH]2[Zr]([Cl])([Cl])[c]1cccc2c1[SiH2]c1ccccc1-2. The van der Waals surface area contributed by atoms with Gasteiger partial charge in [0.25, 0.3) is 0 Å². The van der Waals surface area contributed by atoms with E-state index < -0.39 is 27.4 Å². The molecule has 4 heteroatoms. The Morgan fingerprint density at radius 2 is 1.40 bits per heavy atom. The van der Waals surface area contributed by atoms with Crippen LogP contribution >= 0.6 is 17.0 Å². The molecule has 196 valence electrons. The standard InChI is InChI=1S/C24H21.C12H9Si.2ClH.Zr/c1-3-18-9-7-8-12-21(18)24-22(19-10-5-4-6-11-19)14-13-20-15-17(2)16-23(20)24;1-3-7-11-9(5-1)10-6-2-4-8-12(10)13-11;;;/h4-16H,3H2,1-2H3;1-7H,13H2;2*1H;/q;;;;+2/p-2. The van der Waals surface area contributed by atoms with Crippen molar-refractivity contribution in [1.29, 1.82) is 0 Å². The van der Waals surface area contributed by atoms with Gasteiger partial charge in [-0.2, -0.15) is 0 Å². The first-order valence-electron chi connectivity index (χ1n) is 14.1. The molecule has 0 radical (unpaired) electrons. The average molecular weight is 653 g/mol. The molecule has 0 saturated carbocycles. The predicted octanol–water partition coefficient (Wildman–Crippen LogP) is 7.93. The quantitative estimate of drug-likeness (QED) is 0.166. The fourth-order valence-corrected chi connectivity index (χ4v) is 24.1. The Balaban J connectivity index is 1.43. The molecule has 1 aliphatic carbocycles. The number of aryl methyl sites for hydroxylation is 1. The molecule has 1 unspecified atom stereocenters. The van der Waals surface area contributed by atoms with Crippen molar-refractivity contribution in [1.82, 2.24) is 0 Å². The monoisotopic (exact) mass is 650 g/mol. The minimum atomic E-state index is -3.96. The third-order valence-electron chi connectivity index (χ3n) is 8.74. The molecule has 5 aromatic rings. The van der Waals surface area contributed by atoms with E-state index in [1.807, 2.05) is 0 Å². The van der Waals surface area contributed by atoms with E-state index >= 15 is 0 Å². The Bertz CT molecular complexity index is 1810. The first kappa shape index (κ1) is 26.4. The summed E-state index contributed by atoms with van der Waals surface area (Å²) in [6, 6.07) is 39.8. The fourth-order valence-electron chi connectivity index (χ4n) is 6.93. The normalized spacial score (nSPS) is 16.0. The molecule has 0 bridgehead atoms. The Morgan fingerprint density at radius 3 is 2.20 bits per heavy atom. The molecular formula is C36H30Cl2SiZr. The van der Waals surface area contributed by atoms with Gasteiger partial charge in [0.05, 0.1) is 0 Å². The number of rotatable bonds is 5. The second-order valence-corrected chi connectivity index (χ2v) is 26.8. The zero-order valence-electron chi connectivity index (χ0n) is 22.7. The third kappa shape index (κ3) is 4.19. The topological polar surface area (TPSA) is 0 Å². The van der Waals surface area contributed by atoms with Crippen LogP contribution in [0.4, 0.5) is 0 Å². The molecular weight excluding hydrogens is 623 g/mol. The van der Waals surface area contributed by atoms with Crippen LogP contribution in [0, 0.1) is 0 Å². The van der Waals surface area contributed by atoms with Crippen molar-refractivity contribution in [2.75, 3.05) is 0 Å². The molecule has 0 spiro atoms. The van der Waals surface area contributed by atoms with Gasteiger partial charge in [-0.1, -0.05) is 0 Å². The maximum atomic E-state index is 7.79. The van der Waals surface area contributed by atoms with E-state index in [0.29, 0.717) is 0 Å². The van der Waals surface area contributed by atoms with Crippen LogP contribution < -0.4 is 13.6 Å². The molecule has 40 heavy (non-hydrogen) atoms. The summed E-state index contributed by atoms with van der Waals surface area (Å²) in [7, 11) is 15.0. The summed E-state index contributed by atoms with van der Waals surface area (Å²) in [4.78, 5) is 0. The number of hydrogen-bond acceptors (Lipinski definition) is 0. The molecule has 2 aliphatic rings. The molecule has 0 nitrogen and oxygen atoms in total. The molecule has 0 fully saturated rings. The molecule has 0 saturated heterocycles. The zero-order valence-corrected chi connectivity index (χ0v) is 28.1. The summed E-state index contributed by atoms with van der Waals surface area (Å²) < 4.78 is 1.36. The number of allylic oxidation sites excluding steroid dienone is 1. The van der Waals surface area contributed by atoms with Crippen LogP contribution in [0.25, 0.3) is 39.5 Å². The average Bonchev–Trinajstić information content (AvgIpc) is 3.54. The second-order valence-electron chi connectivity index (χ2n) is 11.0. The van der Waals surface area contributed by atoms with Crippen LogP contribution in [0.5, 0.6) is 0 Å². The van der Waals surface area contributed by atoms with E-state index in [1.165, 1.54) is 69.3 Å². The molecule has 0 amide bonds. The molecule has 5 aromatic carbocycles. The Hall–Kier alpha value is -2.48. The van der Waals surface area contributed by atoms with Gasteiger partial charge in [-0.3, -0.25) is 0 Å². The van der Waals surface area contributed by atoms with Crippen LogP contribution in [0.2, 0.25) is 0 Å². The Morgan fingerprint density at radius 1 is 0.700 bits per heavy atom. The van der Waals surface area contributed by atoms with Gasteiger partial charge in [0.15, 0.2) is 0 Å². The Labute approximate surface area is 251 Å². The first-order valence-corrected chi connectivity index (χ1v) is 24.5. The predicted molar refractivity (Wildman–Crippen MR) is 174 cm³/mol. The van der Waals surface area contributed by atoms with Crippen LogP contribution in [0.1, 0.15) is 34.2 Å². The molecule has 1 heterocycles. The van der Waals surface area contributed by atoms with E-state index in [0.717, 1.165) is 6.42 Å². The van der Waals surface area contributed by atoms with E-state index in [4.69, 9.17) is 17.0 Å². The van der Waals surface area contributed by atoms with Crippen molar-refractivity contribution < 1.29 is 17.9 Å². The van der Waals surface area contributed by atoms with Crippen molar-refractivity contribution >= 4 is 46.3 Å². The van der Waals surface area contributed by atoms with Gasteiger partial charge in [0.2, 0.25) is 0 Å². The number of halogens is 2. The van der Waals surface area contributed by atoms with Crippen molar-refractivity contribution in [3.8, 4) is 33.4 Å². The summed E-state index contributed by atoms with van der Waals surface area (Å²) in [5.74, 6) is 0. The number of benzene rings is 5. The fraction of sp³-hybridized carbons (Fsp3) is 0.111. The van der Waals surface area contributed by atoms with Gasteiger partial charge < -0.3 is 0 Å². The van der Waals surface area contributed by atoms with Gasteiger partial charge in [0.1, 0.15) is 0 Å². The van der Waals surface area contributed by atoms with Crippen molar-refractivity contribution in [3.05, 3.63) is 131 Å². The van der Waals surface area contributed by atoms with Crippen molar-refractivity contribution in [2.45, 2.75) is 23.9 Å². The maximum absolute atomic E-state index is 7.79. The number of hydrogen-bond donors (Lipinski definition) is 0. The van der Waals surface area contributed by atoms with Crippen LogP contribution in [0.15, 0.2) is 115 Å². The summed E-state index contributed by atoms with van der Waals surface area (Å²) in [6.45, 7) is 4.49. The van der Waals surface area contributed by atoms with Crippen LogP contribution in [-0.2, 0) is 24.3 Å². The zero-order chi connectivity index (χ0) is 27.4. The van der Waals surface area contributed by atoms with Gasteiger partial charge in [-0.05, 0) is 0 Å². The van der Waals surface area contributed by atoms with Crippen molar-refractivity contribution in [2.24, 2.45) is 0 Å². The van der Waals surface area contributed by atoms with Crippen molar-refractivity contribution in [3.63, 3.8) is 0 Å². The van der Waals surface area contributed by atoms with Gasteiger partial charge in [-0.15, -0.1) is 0 Å². The summed E-state index contributed by atoms with van der Waals surface area (Å²) in [6.07, 6.45) is 3.37. The molecule has 1 atom stereocenters. The Kier molecular flexibility index (Phi) is 6.88.